The summed E-state index contributed by atoms with van der Waals surface area (Å²) in [5, 5.41) is 0. The molecule has 112 valence electrons. The Morgan fingerprint density at radius 1 is 1.35 bits per heavy atom. The van der Waals surface area contributed by atoms with Gasteiger partial charge in [-0.3, -0.25) is 9.89 Å². The van der Waals surface area contributed by atoms with Crippen molar-refractivity contribution in [2.24, 2.45) is 16.5 Å². The van der Waals surface area contributed by atoms with Crippen molar-refractivity contribution in [3.8, 4) is 0 Å². The second-order valence-electron chi connectivity index (χ2n) is 4.84. The lowest BCUT2D eigenvalue weighted by molar-refractivity contribution is 0.0180. The van der Waals surface area contributed by atoms with Gasteiger partial charge in [0.1, 0.15) is 0 Å². The van der Waals surface area contributed by atoms with Crippen molar-refractivity contribution in [3.05, 3.63) is 35.4 Å². The van der Waals surface area contributed by atoms with Crippen molar-refractivity contribution in [1.82, 2.24) is 4.90 Å². The maximum Gasteiger partial charge on any atom is 0.185 e. The third-order valence-electron chi connectivity index (χ3n) is 3.36. The Kier molecular flexibility index (Phi) is 7.25. The zero-order valence-electron chi connectivity index (χ0n) is 11.8. The lowest BCUT2D eigenvalue weighted by Crippen LogP contribution is -2.40. The highest BCUT2D eigenvalue weighted by atomic mass is 127. The number of nitrogens with two attached hydrogens (primary N) is 2. The van der Waals surface area contributed by atoms with Gasteiger partial charge >= 0.3 is 0 Å². The van der Waals surface area contributed by atoms with Crippen molar-refractivity contribution in [2.75, 3.05) is 32.8 Å². The van der Waals surface area contributed by atoms with E-state index >= 15 is 0 Å². The molecule has 1 fully saturated rings. The Morgan fingerprint density at radius 2 is 2.05 bits per heavy atom. The van der Waals surface area contributed by atoms with Crippen LogP contribution in [-0.2, 0) is 4.74 Å². The molecule has 1 aromatic rings. The van der Waals surface area contributed by atoms with Crippen LogP contribution in [0.4, 0.5) is 0 Å². The van der Waals surface area contributed by atoms with E-state index in [4.69, 9.17) is 16.2 Å². The second-order valence-corrected chi connectivity index (χ2v) is 4.84. The van der Waals surface area contributed by atoms with Crippen LogP contribution in [0.3, 0.4) is 0 Å². The zero-order valence-corrected chi connectivity index (χ0v) is 14.1. The Bertz CT molecular complexity index is 443. The van der Waals surface area contributed by atoms with Crippen LogP contribution in [-0.4, -0.2) is 43.7 Å². The molecule has 0 amide bonds. The van der Waals surface area contributed by atoms with E-state index < -0.39 is 0 Å². The number of ether oxygens (including phenoxy) is 1. The highest BCUT2D eigenvalue weighted by molar-refractivity contribution is 14.0. The second kappa shape index (κ2) is 8.43. The van der Waals surface area contributed by atoms with Gasteiger partial charge in [0.2, 0.25) is 0 Å². The normalized spacial score (nSPS) is 17.1. The van der Waals surface area contributed by atoms with Crippen LogP contribution in [0.1, 0.15) is 17.2 Å². The summed E-state index contributed by atoms with van der Waals surface area (Å²) in [5.41, 5.74) is 13.4. The molecule has 1 aliphatic heterocycles. The number of morpholine rings is 1. The van der Waals surface area contributed by atoms with Crippen LogP contribution in [0.5, 0.6) is 0 Å². The van der Waals surface area contributed by atoms with E-state index in [0.29, 0.717) is 6.54 Å². The molecule has 0 spiro atoms. The molecule has 2 rings (SSSR count). The van der Waals surface area contributed by atoms with Gasteiger partial charge < -0.3 is 16.2 Å². The van der Waals surface area contributed by atoms with Gasteiger partial charge in [0.15, 0.2) is 5.96 Å². The van der Waals surface area contributed by atoms with Gasteiger partial charge in [0.05, 0.1) is 25.8 Å². The molecule has 1 atom stereocenters. The molecule has 1 aromatic carbocycles. The summed E-state index contributed by atoms with van der Waals surface area (Å²) in [4.78, 5) is 6.58. The topological polar surface area (TPSA) is 76.9 Å². The summed E-state index contributed by atoms with van der Waals surface area (Å²) >= 11 is 0. The fourth-order valence-corrected chi connectivity index (χ4v) is 2.39. The predicted molar refractivity (Wildman–Crippen MR) is 92.4 cm³/mol. The molecule has 5 nitrogen and oxygen atoms in total. The number of rotatable bonds is 4. The standard InChI is InChI=1S/C14H22N4O.HI/c1-11-3-2-4-12(9-11)13(10-17-14(15)16)18-5-7-19-8-6-18;/h2-4,9,13H,5-8,10H2,1H3,(H4,15,16,17);1H. The highest BCUT2D eigenvalue weighted by Crippen LogP contribution is 2.23. The van der Waals surface area contributed by atoms with Crippen molar-refractivity contribution >= 4 is 29.9 Å². The van der Waals surface area contributed by atoms with Crippen LogP contribution >= 0.6 is 24.0 Å². The summed E-state index contributed by atoms with van der Waals surface area (Å²) in [7, 11) is 0. The first-order valence-corrected chi connectivity index (χ1v) is 6.60. The Balaban J connectivity index is 0.00000200. The minimum atomic E-state index is 0. The molecule has 0 aliphatic carbocycles. The highest BCUT2D eigenvalue weighted by Gasteiger charge is 2.22. The zero-order chi connectivity index (χ0) is 13.7. The van der Waals surface area contributed by atoms with Crippen LogP contribution in [0, 0.1) is 6.92 Å². The van der Waals surface area contributed by atoms with Gasteiger partial charge in [-0.2, -0.15) is 0 Å². The Morgan fingerprint density at radius 3 is 2.65 bits per heavy atom. The number of halogens is 1. The molecule has 4 N–H and O–H groups in total. The minimum absolute atomic E-state index is 0. The molecular formula is C14H23IN4O. The van der Waals surface area contributed by atoms with Gasteiger partial charge in [0.25, 0.3) is 0 Å². The van der Waals surface area contributed by atoms with Gasteiger partial charge in [-0.1, -0.05) is 29.8 Å². The number of benzene rings is 1. The fourth-order valence-electron chi connectivity index (χ4n) is 2.39. The number of aliphatic imine (C=N–C) groups is 1. The van der Waals surface area contributed by atoms with Crippen molar-refractivity contribution in [2.45, 2.75) is 13.0 Å². The maximum atomic E-state index is 5.46. The largest absolute Gasteiger partial charge is 0.379 e. The SMILES string of the molecule is Cc1cccc(C(CN=C(N)N)N2CCOCC2)c1.I. The average molecular weight is 390 g/mol. The van der Waals surface area contributed by atoms with Crippen molar-refractivity contribution < 1.29 is 4.74 Å². The molecule has 1 saturated heterocycles. The molecule has 1 heterocycles. The lowest BCUT2D eigenvalue weighted by Gasteiger charge is -2.34. The molecule has 1 aliphatic rings. The van der Waals surface area contributed by atoms with Crippen LogP contribution in [0.15, 0.2) is 29.3 Å². The van der Waals surface area contributed by atoms with E-state index in [2.05, 4.69) is 41.1 Å². The molecular weight excluding hydrogens is 367 g/mol. The molecule has 0 aromatic heterocycles. The first kappa shape index (κ1) is 17.2. The van der Waals surface area contributed by atoms with Gasteiger partial charge in [-0.25, -0.2) is 0 Å². The van der Waals surface area contributed by atoms with E-state index in [1.807, 2.05) is 0 Å². The van der Waals surface area contributed by atoms with Crippen LogP contribution in [0.25, 0.3) is 0 Å². The van der Waals surface area contributed by atoms with E-state index in [1.165, 1.54) is 11.1 Å². The average Bonchev–Trinajstić information content (AvgIpc) is 2.40. The molecule has 6 heteroatoms. The monoisotopic (exact) mass is 390 g/mol. The third kappa shape index (κ3) is 4.92. The summed E-state index contributed by atoms with van der Waals surface area (Å²) in [6.45, 7) is 6.05. The Hall–Kier alpha value is -0.860. The van der Waals surface area contributed by atoms with E-state index in [9.17, 15) is 0 Å². The minimum Gasteiger partial charge on any atom is -0.379 e. The van der Waals surface area contributed by atoms with Gasteiger partial charge in [0, 0.05) is 13.1 Å². The van der Waals surface area contributed by atoms with E-state index in [1.54, 1.807) is 0 Å². The number of aryl methyl sites for hydroxylation is 1. The lowest BCUT2D eigenvalue weighted by atomic mass is 10.0. The Labute approximate surface area is 137 Å². The fraction of sp³-hybridized carbons (Fsp3) is 0.500. The van der Waals surface area contributed by atoms with Gasteiger partial charge in [-0.15, -0.1) is 24.0 Å². The number of guanidine groups is 1. The van der Waals surface area contributed by atoms with Crippen LogP contribution in [0.2, 0.25) is 0 Å². The van der Waals surface area contributed by atoms with Crippen LogP contribution < -0.4 is 11.5 Å². The van der Waals surface area contributed by atoms with E-state index in [-0.39, 0.29) is 36.0 Å². The van der Waals surface area contributed by atoms with Crippen molar-refractivity contribution in [1.29, 1.82) is 0 Å². The van der Waals surface area contributed by atoms with E-state index in [0.717, 1.165) is 26.3 Å². The first-order chi connectivity index (χ1) is 9.16. The summed E-state index contributed by atoms with van der Waals surface area (Å²) in [6, 6.07) is 8.72. The summed E-state index contributed by atoms with van der Waals surface area (Å²) in [6.07, 6.45) is 0. The quantitative estimate of drug-likeness (QED) is 0.461. The third-order valence-corrected chi connectivity index (χ3v) is 3.36. The molecule has 20 heavy (non-hydrogen) atoms. The molecule has 0 radical (unpaired) electrons. The molecule has 0 saturated carbocycles. The molecule has 0 bridgehead atoms. The molecule has 1 unspecified atom stereocenters. The summed E-state index contributed by atoms with van der Waals surface area (Å²) in [5.74, 6) is 0.144. The summed E-state index contributed by atoms with van der Waals surface area (Å²) < 4.78 is 5.41. The number of nitrogens with zero attached hydrogens (tertiary/aromatic N) is 2. The number of hydrogen-bond donors (Lipinski definition) is 2. The number of hydrogen-bond acceptors (Lipinski definition) is 3. The predicted octanol–water partition coefficient (Wildman–Crippen LogP) is 1.26. The smallest absolute Gasteiger partial charge is 0.185 e. The van der Waals surface area contributed by atoms with Gasteiger partial charge in [-0.05, 0) is 12.5 Å². The maximum absolute atomic E-state index is 5.46. The van der Waals surface area contributed by atoms with Crippen molar-refractivity contribution in [3.63, 3.8) is 0 Å². The first-order valence-electron chi connectivity index (χ1n) is 6.60.